The average molecular weight is 480 g/mol. The molecule has 7 nitrogen and oxygen atoms in total. The van der Waals surface area contributed by atoms with E-state index < -0.39 is 0 Å². The van der Waals surface area contributed by atoms with E-state index >= 15 is 0 Å². The number of hydrogen-bond acceptors (Lipinski definition) is 6. The number of amidine groups is 1. The molecular weight excluding hydrogens is 446 g/mol. The molecule has 3 aromatic rings. The summed E-state index contributed by atoms with van der Waals surface area (Å²) in [4.78, 5) is 16.4. The highest BCUT2D eigenvalue weighted by atomic mass is 15.2. The molecule has 3 heterocycles. The number of nitrogens with one attached hydrogen (secondary N) is 2. The molecule has 1 aliphatic heterocycles. The maximum absolute atomic E-state index is 6.52. The molecule has 1 saturated heterocycles. The number of piperazine rings is 1. The van der Waals surface area contributed by atoms with Crippen LogP contribution in [0.3, 0.4) is 0 Å². The van der Waals surface area contributed by atoms with Crippen LogP contribution >= 0.6 is 0 Å². The van der Waals surface area contributed by atoms with Gasteiger partial charge in [-0.1, -0.05) is 12.6 Å². The molecule has 3 aliphatic rings. The van der Waals surface area contributed by atoms with Crippen LogP contribution in [0.5, 0.6) is 0 Å². The fraction of sp³-hybridized carbons (Fsp3) is 0.345. The van der Waals surface area contributed by atoms with Crippen LogP contribution in [-0.4, -0.2) is 46.9 Å². The molecule has 184 valence electrons. The Bertz CT molecular complexity index is 1320. The van der Waals surface area contributed by atoms with E-state index in [4.69, 9.17) is 10.7 Å². The van der Waals surface area contributed by atoms with Crippen LogP contribution in [0.4, 0.5) is 17.2 Å². The van der Waals surface area contributed by atoms with Crippen molar-refractivity contribution in [1.82, 2.24) is 20.2 Å². The Hall–Kier alpha value is -3.71. The fourth-order valence-corrected chi connectivity index (χ4v) is 5.29. The third kappa shape index (κ3) is 4.71. The molecule has 1 aromatic carbocycles. The van der Waals surface area contributed by atoms with E-state index in [2.05, 4.69) is 50.3 Å². The zero-order valence-corrected chi connectivity index (χ0v) is 20.6. The normalized spacial score (nSPS) is 17.7. The molecule has 0 atom stereocenters. The van der Waals surface area contributed by atoms with Crippen molar-refractivity contribution in [2.45, 2.75) is 38.0 Å². The first-order valence-electron chi connectivity index (χ1n) is 13.0. The summed E-state index contributed by atoms with van der Waals surface area (Å²) < 4.78 is 0. The van der Waals surface area contributed by atoms with Crippen LogP contribution in [0.2, 0.25) is 0 Å². The first-order valence-corrected chi connectivity index (χ1v) is 13.0. The number of aromatic nitrogens is 2. The van der Waals surface area contributed by atoms with Gasteiger partial charge in [0.2, 0.25) is 0 Å². The summed E-state index contributed by atoms with van der Waals surface area (Å²) in [6.07, 6.45) is 11.4. The SMILES string of the molecule is C=C(/N=C(\c1c(N)cncc1C1CC1)N1CCNCC1)c1ccnc(Nc2ccc3c(c2)CCC3)c1. The Labute approximate surface area is 212 Å². The second-order valence-electron chi connectivity index (χ2n) is 9.98. The van der Waals surface area contributed by atoms with Crippen LogP contribution in [0.25, 0.3) is 5.70 Å². The fourth-order valence-electron chi connectivity index (χ4n) is 5.29. The summed E-state index contributed by atoms with van der Waals surface area (Å²) in [5.41, 5.74) is 15.0. The monoisotopic (exact) mass is 479 g/mol. The van der Waals surface area contributed by atoms with Gasteiger partial charge in [-0.15, -0.1) is 0 Å². The molecule has 0 radical (unpaired) electrons. The molecule has 2 aliphatic carbocycles. The molecule has 2 fully saturated rings. The first kappa shape index (κ1) is 22.7. The number of anilines is 3. The number of hydrogen-bond donors (Lipinski definition) is 3. The van der Waals surface area contributed by atoms with Crippen LogP contribution in [0.1, 0.15) is 53.0 Å². The van der Waals surface area contributed by atoms with Gasteiger partial charge in [-0.05, 0) is 79.0 Å². The van der Waals surface area contributed by atoms with Crippen molar-refractivity contribution >= 4 is 28.7 Å². The lowest BCUT2D eigenvalue weighted by Gasteiger charge is -2.32. The number of rotatable bonds is 6. The van der Waals surface area contributed by atoms with E-state index in [0.717, 1.165) is 61.1 Å². The van der Waals surface area contributed by atoms with Gasteiger partial charge in [0.25, 0.3) is 0 Å². The minimum absolute atomic E-state index is 0.515. The van der Waals surface area contributed by atoms with E-state index in [1.807, 2.05) is 24.5 Å². The van der Waals surface area contributed by atoms with Crippen molar-refractivity contribution in [2.24, 2.45) is 4.99 Å². The third-order valence-electron chi connectivity index (χ3n) is 7.37. The van der Waals surface area contributed by atoms with E-state index in [0.29, 0.717) is 17.3 Å². The lowest BCUT2D eigenvalue weighted by molar-refractivity contribution is 0.358. The summed E-state index contributed by atoms with van der Waals surface area (Å²) in [5, 5.41) is 6.91. The highest BCUT2D eigenvalue weighted by Crippen LogP contribution is 2.43. The van der Waals surface area contributed by atoms with Crippen molar-refractivity contribution in [3.05, 3.63) is 83.3 Å². The molecule has 0 spiro atoms. The van der Waals surface area contributed by atoms with Crippen LogP contribution in [0.15, 0.2) is 60.5 Å². The predicted octanol–water partition coefficient (Wildman–Crippen LogP) is 4.49. The number of benzene rings is 1. The molecule has 0 unspecified atom stereocenters. The zero-order chi connectivity index (χ0) is 24.5. The van der Waals surface area contributed by atoms with Crippen molar-refractivity contribution < 1.29 is 0 Å². The molecule has 0 amide bonds. The van der Waals surface area contributed by atoms with Crippen LogP contribution in [-0.2, 0) is 12.8 Å². The third-order valence-corrected chi connectivity index (χ3v) is 7.37. The van der Waals surface area contributed by atoms with Gasteiger partial charge in [0.05, 0.1) is 17.6 Å². The highest BCUT2D eigenvalue weighted by Gasteiger charge is 2.31. The second-order valence-corrected chi connectivity index (χ2v) is 9.98. The molecule has 2 aromatic heterocycles. The summed E-state index contributed by atoms with van der Waals surface area (Å²) >= 11 is 0. The second kappa shape index (κ2) is 9.74. The van der Waals surface area contributed by atoms with Crippen molar-refractivity contribution in [3.8, 4) is 0 Å². The van der Waals surface area contributed by atoms with Crippen molar-refractivity contribution in [1.29, 1.82) is 0 Å². The molecule has 4 N–H and O–H groups in total. The first-order chi connectivity index (χ1) is 17.7. The van der Waals surface area contributed by atoms with Gasteiger partial charge in [0.15, 0.2) is 0 Å². The largest absolute Gasteiger partial charge is 0.397 e. The van der Waals surface area contributed by atoms with E-state index in [-0.39, 0.29) is 0 Å². The standard InChI is InChI=1S/C29H33N7/c1-19(22-9-10-33-27(16-22)35-24-8-7-20-3-2-4-23(20)15-24)34-29(36-13-11-31-12-14-36)28-25(21-5-6-21)17-32-18-26(28)30/h7-10,15-18,21,31H,1-6,11-14,30H2,(H,33,35)/b34-29+. The number of aryl methyl sites for hydroxylation is 2. The Morgan fingerprint density at radius 2 is 1.92 bits per heavy atom. The van der Waals surface area contributed by atoms with E-state index in [9.17, 15) is 0 Å². The minimum atomic E-state index is 0.515. The number of nitrogens with two attached hydrogens (primary N) is 1. The Morgan fingerprint density at radius 1 is 1.08 bits per heavy atom. The predicted molar refractivity (Wildman–Crippen MR) is 147 cm³/mol. The topological polar surface area (TPSA) is 91.5 Å². The van der Waals surface area contributed by atoms with Crippen LogP contribution < -0.4 is 16.4 Å². The lowest BCUT2D eigenvalue weighted by atomic mass is 10.0. The van der Waals surface area contributed by atoms with Crippen molar-refractivity contribution in [2.75, 3.05) is 37.2 Å². The number of pyridine rings is 2. The average Bonchev–Trinajstić information content (AvgIpc) is 3.65. The van der Waals surface area contributed by atoms with Gasteiger partial charge in [-0.2, -0.15) is 0 Å². The maximum Gasteiger partial charge on any atom is 0.139 e. The molecule has 36 heavy (non-hydrogen) atoms. The Morgan fingerprint density at radius 3 is 2.75 bits per heavy atom. The van der Waals surface area contributed by atoms with Gasteiger partial charge < -0.3 is 21.3 Å². The van der Waals surface area contributed by atoms with Gasteiger partial charge in [-0.3, -0.25) is 4.98 Å². The number of nitrogen functional groups attached to an aromatic ring is 1. The minimum Gasteiger partial charge on any atom is -0.397 e. The van der Waals surface area contributed by atoms with Gasteiger partial charge >= 0.3 is 0 Å². The van der Waals surface area contributed by atoms with Gasteiger partial charge in [-0.25, -0.2) is 9.98 Å². The van der Waals surface area contributed by atoms with Crippen molar-refractivity contribution in [3.63, 3.8) is 0 Å². The molecule has 0 bridgehead atoms. The lowest BCUT2D eigenvalue weighted by Crippen LogP contribution is -2.47. The summed E-state index contributed by atoms with van der Waals surface area (Å²) in [5.74, 6) is 2.20. The summed E-state index contributed by atoms with van der Waals surface area (Å²) in [7, 11) is 0. The highest BCUT2D eigenvalue weighted by molar-refractivity contribution is 6.06. The van der Waals surface area contributed by atoms with Gasteiger partial charge in [0.1, 0.15) is 11.7 Å². The molecule has 6 rings (SSSR count). The van der Waals surface area contributed by atoms with E-state index in [1.54, 1.807) is 6.20 Å². The molecule has 7 heteroatoms. The number of aliphatic imine (C=N–C) groups is 1. The molecular formula is C29H33N7. The molecule has 1 saturated carbocycles. The van der Waals surface area contributed by atoms with Gasteiger partial charge in [0, 0.05) is 55.4 Å². The summed E-state index contributed by atoms with van der Waals surface area (Å²) in [6, 6.07) is 10.6. The Kier molecular flexibility index (Phi) is 6.15. The summed E-state index contributed by atoms with van der Waals surface area (Å²) in [6.45, 7) is 7.94. The Balaban J connectivity index is 1.32. The van der Waals surface area contributed by atoms with E-state index in [1.165, 1.54) is 42.4 Å². The quantitative estimate of drug-likeness (QED) is 0.356. The zero-order valence-electron chi connectivity index (χ0n) is 20.6. The smallest absolute Gasteiger partial charge is 0.139 e. The maximum atomic E-state index is 6.52. The van der Waals surface area contributed by atoms with Crippen LogP contribution in [0, 0.1) is 0 Å². The number of nitrogens with zero attached hydrogens (tertiary/aromatic N) is 4. The number of fused-ring (bicyclic) bond motifs is 1.